The Balaban J connectivity index is 2.29. The van der Waals surface area contributed by atoms with Gasteiger partial charge in [-0.05, 0) is 36.9 Å². The number of nitrogens with one attached hydrogen (secondary N) is 2. The summed E-state index contributed by atoms with van der Waals surface area (Å²) in [7, 11) is -2.23. The summed E-state index contributed by atoms with van der Waals surface area (Å²) < 4.78 is 39.3. The third-order valence-electron chi connectivity index (χ3n) is 3.10. The van der Waals surface area contributed by atoms with Crippen molar-refractivity contribution in [2.75, 3.05) is 12.4 Å². The fourth-order valence-corrected chi connectivity index (χ4v) is 2.94. The van der Waals surface area contributed by atoms with Gasteiger partial charge in [0.15, 0.2) is 0 Å². The smallest absolute Gasteiger partial charge is 0.240 e. The number of anilines is 1. The van der Waals surface area contributed by atoms with Gasteiger partial charge in [-0.25, -0.2) is 17.5 Å². The molecule has 0 heterocycles. The second kappa shape index (κ2) is 6.56. The summed E-state index contributed by atoms with van der Waals surface area (Å²) in [5, 5.41) is 12.0. The van der Waals surface area contributed by atoms with Crippen molar-refractivity contribution in [3.63, 3.8) is 0 Å². The minimum atomic E-state index is -3.57. The van der Waals surface area contributed by atoms with E-state index < -0.39 is 15.8 Å². The lowest BCUT2D eigenvalue weighted by atomic mass is 10.1. The van der Waals surface area contributed by atoms with Crippen LogP contribution < -0.4 is 10.0 Å². The van der Waals surface area contributed by atoms with Crippen LogP contribution in [0.3, 0.4) is 0 Å². The van der Waals surface area contributed by atoms with E-state index in [0.717, 1.165) is 6.07 Å². The lowest BCUT2D eigenvalue weighted by Gasteiger charge is -2.12. The Bertz CT molecular complexity index is 829. The average Bonchev–Trinajstić information content (AvgIpc) is 2.53. The molecular weight excluding hydrogens is 305 g/mol. The highest BCUT2D eigenvalue weighted by atomic mass is 32.2. The minimum absolute atomic E-state index is 0.158. The summed E-state index contributed by atoms with van der Waals surface area (Å²) in [6.45, 7) is 0.192. The molecule has 0 atom stereocenters. The molecule has 0 aliphatic heterocycles. The SMILES string of the molecule is CNS(=O)(=O)c1ccccc1CNc1ccc(F)cc1C#N. The highest BCUT2D eigenvalue weighted by Gasteiger charge is 2.15. The molecule has 0 saturated carbocycles. The van der Waals surface area contributed by atoms with Crippen molar-refractivity contribution < 1.29 is 12.8 Å². The number of hydrogen-bond acceptors (Lipinski definition) is 4. The van der Waals surface area contributed by atoms with Gasteiger partial charge in [-0.15, -0.1) is 0 Å². The first-order valence-corrected chi connectivity index (χ1v) is 7.91. The summed E-state index contributed by atoms with van der Waals surface area (Å²) in [6.07, 6.45) is 0. The molecule has 0 aliphatic rings. The molecule has 22 heavy (non-hydrogen) atoms. The number of halogens is 1. The molecule has 0 fully saturated rings. The molecule has 2 aromatic rings. The maximum atomic E-state index is 13.1. The van der Waals surface area contributed by atoms with Crippen LogP contribution in [0.4, 0.5) is 10.1 Å². The van der Waals surface area contributed by atoms with Crippen LogP contribution in [-0.2, 0) is 16.6 Å². The fraction of sp³-hybridized carbons (Fsp3) is 0.133. The summed E-state index contributed by atoms with van der Waals surface area (Å²) in [6, 6.07) is 12.2. The van der Waals surface area contributed by atoms with Crippen LogP contribution in [0, 0.1) is 17.1 Å². The lowest BCUT2D eigenvalue weighted by molar-refractivity contribution is 0.587. The maximum absolute atomic E-state index is 13.1. The second-order valence-electron chi connectivity index (χ2n) is 4.47. The largest absolute Gasteiger partial charge is 0.380 e. The van der Waals surface area contributed by atoms with Gasteiger partial charge in [0.05, 0.1) is 16.1 Å². The number of nitriles is 1. The molecule has 0 saturated heterocycles. The van der Waals surface area contributed by atoms with E-state index in [1.807, 2.05) is 6.07 Å². The zero-order valence-electron chi connectivity index (χ0n) is 11.8. The first-order valence-electron chi connectivity index (χ1n) is 6.43. The molecule has 0 amide bonds. The summed E-state index contributed by atoms with van der Waals surface area (Å²) in [4.78, 5) is 0.158. The van der Waals surface area contributed by atoms with Crippen LogP contribution >= 0.6 is 0 Å². The minimum Gasteiger partial charge on any atom is -0.380 e. The summed E-state index contributed by atoms with van der Waals surface area (Å²) >= 11 is 0. The zero-order valence-corrected chi connectivity index (χ0v) is 12.6. The first kappa shape index (κ1) is 15.9. The molecule has 0 radical (unpaired) electrons. The van der Waals surface area contributed by atoms with Crippen LogP contribution in [0.25, 0.3) is 0 Å². The molecule has 0 bridgehead atoms. The third kappa shape index (κ3) is 3.42. The molecule has 0 aromatic heterocycles. The van der Waals surface area contributed by atoms with Crippen LogP contribution in [0.5, 0.6) is 0 Å². The van der Waals surface area contributed by atoms with E-state index in [4.69, 9.17) is 5.26 Å². The van der Waals surface area contributed by atoms with Gasteiger partial charge in [-0.3, -0.25) is 0 Å². The van der Waals surface area contributed by atoms with Crippen LogP contribution in [0.2, 0.25) is 0 Å². The van der Waals surface area contributed by atoms with Gasteiger partial charge in [0.1, 0.15) is 11.9 Å². The number of nitrogens with zero attached hydrogens (tertiary/aromatic N) is 1. The predicted molar refractivity (Wildman–Crippen MR) is 81.1 cm³/mol. The van der Waals surface area contributed by atoms with Gasteiger partial charge < -0.3 is 5.32 Å². The number of benzene rings is 2. The molecule has 0 unspecified atom stereocenters. The highest BCUT2D eigenvalue weighted by Crippen LogP contribution is 2.20. The molecule has 0 spiro atoms. The number of rotatable bonds is 5. The molecule has 2 aromatic carbocycles. The molecule has 2 N–H and O–H groups in total. The van der Waals surface area contributed by atoms with Crippen LogP contribution in [0.15, 0.2) is 47.4 Å². The van der Waals surface area contributed by atoms with E-state index in [1.54, 1.807) is 18.2 Å². The van der Waals surface area contributed by atoms with Gasteiger partial charge in [-0.1, -0.05) is 18.2 Å². The van der Waals surface area contributed by atoms with Gasteiger partial charge in [0, 0.05) is 6.54 Å². The predicted octanol–water partition coefficient (Wildman–Crippen LogP) is 2.22. The molecule has 114 valence electrons. The van der Waals surface area contributed by atoms with Crippen molar-refractivity contribution in [2.45, 2.75) is 11.4 Å². The maximum Gasteiger partial charge on any atom is 0.240 e. The molecule has 5 nitrogen and oxygen atoms in total. The topological polar surface area (TPSA) is 82.0 Å². The molecular formula is C15H14FN3O2S. The highest BCUT2D eigenvalue weighted by molar-refractivity contribution is 7.89. The van der Waals surface area contributed by atoms with Crippen LogP contribution in [0.1, 0.15) is 11.1 Å². The Kier molecular flexibility index (Phi) is 4.75. The third-order valence-corrected chi connectivity index (χ3v) is 4.62. The van der Waals surface area contributed by atoms with Crippen molar-refractivity contribution in [3.8, 4) is 6.07 Å². The zero-order chi connectivity index (χ0) is 16.2. The summed E-state index contributed by atoms with van der Waals surface area (Å²) in [5.41, 5.74) is 1.15. The van der Waals surface area contributed by atoms with Crippen molar-refractivity contribution >= 4 is 15.7 Å². The van der Waals surface area contributed by atoms with Crippen molar-refractivity contribution in [1.29, 1.82) is 5.26 Å². The van der Waals surface area contributed by atoms with E-state index in [9.17, 15) is 12.8 Å². The summed E-state index contributed by atoms with van der Waals surface area (Å²) in [5.74, 6) is -0.500. The Morgan fingerprint density at radius 2 is 1.95 bits per heavy atom. The molecule has 7 heteroatoms. The van der Waals surface area contributed by atoms with E-state index in [-0.39, 0.29) is 17.0 Å². The fourth-order valence-electron chi connectivity index (χ4n) is 1.98. The van der Waals surface area contributed by atoms with Gasteiger partial charge in [0.25, 0.3) is 0 Å². The normalized spacial score (nSPS) is 11.0. The van der Waals surface area contributed by atoms with Crippen molar-refractivity contribution in [3.05, 3.63) is 59.4 Å². The quantitative estimate of drug-likeness (QED) is 0.885. The van der Waals surface area contributed by atoms with Crippen molar-refractivity contribution in [1.82, 2.24) is 4.72 Å². The Labute approximate surface area is 128 Å². The number of sulfonamides is 1. The van der Waals surface area contributed by atoms with Gasteiger partial charge >= 0.3 is 0 Å². The Morgan fingerprint density at radius 3 is 2.64 bits per heavy atom. The van der Waals surface area contributed by atoms with E-state index in [0.29, 0.717) is 11.3 Å². The van der Waals surface area contributed by atoms with Crippen molar-refractivity contribution in [2.24, 2.45) is 0 Å². The van der Waals surface area contributed by atoms with E-state index >= 15 is 0 Å². The van der Waals surface area contributed by atoms with Crippen LogP contribution in [-0.4, -0.2) is 15.5 Å². The lowest BCUT2D eigenvalue weighted by Crippen LogP contribution is -2.20. The first-order chi connectivity index (χ1) is 10.5. The van der Waals surface area contributed by atoms with E-state index in [2.05, 4.69) is 10.0 Å². The Morgan fingerprint density at radius 1 is 1.23 bits per heavy atom. The average molecular weight is 319 g/mol. The standard InChI is InChI=1S/C15H14FN3O2S/c1-18-22(20,21)15-5-3-2-4-11(15)10-19-14-7-6-13(16)8-12(14)9-17/h2-8,18-19H,10H2,1H3. The van der Waals surface area contributed by atoms with Gasteiger partial charge in [-0.2, -0.15) is 5.26 Å². The monoisotopic (exact) mass is 319 g/mol. The van der Waals surface area contributed by atoms with Gasteiger partial charge in [0.2, 0.25) is 10.0 Å². The molecule has 0 aliphatic carbocycles. The Hall–Kier alpha value is -2.43. The number of hydrogen-bond donors (Lipinski definition) is 2. The van der Waals surface area contributed by atoms with E-state index in [1.165, 1.54) is 25.2 Å². The molecule has 2 rings (SSSR count). The second-order valence-corrected chi connectivity index (χ2v) is 6.33.